The molecule has 1 aliphatic heterocycles. The number of nitrogens with one attached hydrogen (secondary N) is 2. The Morgan fingerprint density at radius 3 is 2.76 bits per heavy atom. The summed E-state index contributed by atoms with van der Waals surface area (Å²) in [6, 6.07) is 0.665. The van der Waals surface area contributed by atoms with Gasteiger partial charge in [-0.1, -0.05) is 46.0 Å². The van der Waals surface area contributed by atoms with Crippen LogP contribution in [-0.4, -0.2) is 24.5 Å². The summed E-state index contributed by atoms with van der Waals surface area (Å²) in [5.41, 5.74) is 0. The van der Waals surface area contributed by atoms with E-state index in [9.17, 15) is 4.79 Å². The van der Waals surface area contributed by atoms with E-state index in [0.29, 0.717) is 12.0 Å². The molecule has 0 aromatic heterocycles. The highest BCUT2D eigenvalue weighted by Gasteiger charge is 2.34. The Balaban J connectivity index is 1.72. The van der Waals surface area contributed by atoms with Crippen molar-refractivity contribution in [1.29, 1.82) is 0 Å². The Morgan fingerprint density at radius 1 is 1.19 bits per heavy atom. The Labute approximate surface area is 130 Å². The fourth-order valence-electron chi connectivity index (χ4n) is 4.01. The van der Waals surface area contributed by atoms with Gasteiger partial charge in [0.1, 0.15) is 0 Å². The smallest absolute Gasteiger partial charge is 0.237 e. The summed E-state index contributed by atoms with van der Waals surface area (Å²) < 4.78 is 0. The van der Waals surface area contributed by atoms with Crippen molar-refractivity contribution < 1.29 is 4.79 Å². The van der Waals surface area contributed by atoms with Crippen LogP contribution in [0.3, 0.4) is 0 Å². The first-order valence-corrected chi connectivity index (χ1v) is 9.28. The van der Waals surface area contributed by atoms with Crippen LogP contribution in [-0.2, 0) is 4.79 Å². The van der Waals surface area contributed by atoms with E-state index in [0.717, 1.165) is 18.9 Å². The Kier molecular flexibility index (Phi) is 7.01. The summed E-state index contributed by atoms with van der Waals surface area (Å²) >= 11 is 0. The van der Waals surface area contributed by atoms with Gasteiger partial charge in [-0.2, -0.15) is 0 Å². The van der Waals surface area contributed by atoms with E-state index in [2.05, 4.69) is 24.5 Å². The molecular weight excluding hydrogens is 260 g/mol. The topological polar surface area (TPSA) is 41.1 Å². The maximum atomic E-state index is 12.4. The van der Waals surface area contributed by atoms with Crippen molar-refractivity contribution in [2.24, 2.45) is 11.8 Å². The van der Waals surface area contributed by atoms with E-state index in [4.69, 9.17) is 0 Å². The van der Waals surface area contributed by atoms with Gasteiger partial charge >= 0.3 is 0 Å². The second-order valence-electron chi connectivity index (χ2n) is 7.11. The van der Waals surface area contributed by atoms with Crippen LogP contribution in [0.5, 0.6) is 0 Å². The standard InChI is InChI=1S/C18H34N2O/c1-3-5-8-14(4-2)13-19-18(21)17-12-11-15-9-6-7-10-16(15)20-17/h14-17,20H,3-13H2,1-2H3,(H,19,21). The molecule has 2 fully saturated rings. The molecule has 2 aliphatic rings. The van der Waals surface area contributed by atoms with Gasteiger partial charge in [-0.25, -0.2) is 0 Å². The van der Waals surface area contributed by atoms with Gasteiger partial charge in [0, 0.05) is 12.6 Å². The van der Waals surface area contributed by atoms with E-state index < -0.39 is 0 Å². The van der Waals surface area contributed by atoms with Gasteiger partial charge in [0.05, 0.1) is 6.04 Å². The fraction of sp³-hybridized carbons (Fsp3) is 0.944. The molecule has 1 saturated heterocycles. The van der Waals surface area contributed by atoms with Gasteiger partial charge in [-0.05, 0) is 43.9 Å². The lowest BCUT2D eigenvalue weighted by Gasteiger charge is -2.40. The van der Waals surface area contributed by atoms with Crippen LogP contribution in [0.2, 0.25) is 0 Å². The molecule has 4 atom stereocenters. The summed E-state index contributed by atoms with van der Waals surface area (Å²) in [5.74, 6) is 1.73. The molecule has 1 saturated carbocycles. The quantitative estimate of drug-likeness (QED) is 0.753. The third-order valence-electron chi connectivity index (χ3n) is 5.58. The molecule has 3 heteroatoms. The van der Waals surface area contributed by atoms with Crippen LogP contribution in [0.15, 0.2) is 0 Å². The molecule has 2 N–H and O–H groups in total. The summed E-state index contributed by atoms with van der Waals surface area (Å²) in [6.45, 7) is 5.33. The maximum absolute atomic E-state index is 12.4. The molecule has 122 valence electrons. The van der Waals surface area contributed by atoms with E-state index in [1.165, 1.54) is 57.8 Å². The van der Waals surface area contributed by atoms with E-state index in [1.54, 1.807) is 0 Å². The van der Waals surface area contributed by atoms with Gasteiger partial charge < -0.3 is 10.6 Å². The highest BCUT2D eigenvalue weighted by Crippen LogP contribution is 2.32. The molecule has 4 unspecified atom stereocenters. The fourth-order valence-corrected chi connectivity index (χ4v) is 4.01. The first kappa shape index (κ1) is 16.8. The van der Waals surface area contributed by atoms with Crippen molar-refractivity contribution in [3.05, 3.63) is 0 Å². The van der Waals surface area contributed by atoms with Gasteiger partial charge in [0.25, 0.3) is 0 Å². The van der Waals surface area contributed by atoms with Crippen LogP contribution in [0.25, 0.3) is 0 Å². The number of rotatable bonds is 7. The predicted octanol–water partition coefficient (Wildman–Crippen LogP) is 3.63. The lowest BCUT2D eigenvalue weighted by Crippen LogP contribution is -2.55. The Bertz CT molecular complexity index is 318. The molecule has 1 aliphatic carbocycles. The SMILES string of the molecule is CCCCC(CC)CNC(=O)C1CCC2CCCCC2N1. The molecule has 21 heavy (non-hydrogen) atoms. The van der Waals surface area contributed by atoms with Crippen LogP contribution in [0.1, 0.15) is 78.1 Å². The van der Waals surface area contributed by atoms with Crippen LogP contribution >= 0.6 is 0 Å². The largest absolute Gasteiger partial charge is 0.354 e. The zero-order chi connectivity index (χ0) is 15.1. The predicted molar refractivity (Wildman–Crippen MR) is 88.2 cm³/mol. The Morgan fingerprint density at radius 2 is 2.00 bits per heavy atom. The average molecular weight is 294 g/mol. The van der Waals surface area contributed by atoms with Crippen LogP contribution in [0.4, 0.5) is 0 Å². The zero-order valence-electron chi connectivity index (χ0n) is 14.0. The normalized spacial score (nSPS) is 30.5. The first-order chi connectivity index (χ1) is 10.2. The molecule has 1 amide bonds. The van der Waals surface area contributed by atoms with Crippen molar-refractivity contribution in [3.8, 4) is 0 Å². The number of fused-ring (bicyclic) bond motifs is 1. The third-order valence-corrected chi connectivity index (χ3v) is 5.58. The third kappa shape index (κ3) is 4.98. The summed E-state index contributed by atoms with van der Waals surface area (Å²) in [4.78, 5) is 12.4. The molecule has 0 aromatic carbocycles. The monoisotopic (exact) mass is 294 g/mol. The summed E-state index contributed by atoms with van der Waals surface area (Å²) in [7, 11) is 0. The molecule has 2 rings (SSSR count). The summed E-state index contributed by atoms with van der Waals surface area (Å²) in [6.07, 6.45) is 12.6. The van der Waals surface area contributed by atoms with Crippen molar-refractivity contribution in [3.63, 3.8) is 0 Å². The number of piperidine rings is 1. The Hall–Kier alpha value is -0.570. The maximum Gasteiger partial charge on any atom is 0.237 e. The van der Waals surface area contributed by atoms with E-state index >= 15 is 0 Å². The van der Waals surface area contributed by atoms with Crippen molar-refractivity contribution >= 4 is 5.91 Å². The van der Waals surface area contributed by atoms with E-state index in [1.807, 2.05) is 0 Å². The minimum atomic E-state index is 0.0630. The number of hydrogen-bond donors (Lipinski definition) is 2. The lowest BCUT2D eigenvalue weighted by molar-refractivity contribution is -0.124. The lowest BCUT2D eigenvalue weighted by atomic mass is 9.77. The van der Waals surface area contributed by atoms with Crippen molar-refractivity contribution in [2.75, 3.05) is 6.54 Å². The highest BCUT2D eigenvalue weighted by molar-refractivity contribution is 5.81. The van der Waals surface area contributed by atoms with Gasteiger partial charge in [0.15, 0.2) is 0 Å². The van der Waals surface area contributed by atoms with Gasteiger partial charge in [-0.15, -0.1) is 0 Å². The second-order valence-corrected chi connectivity index (χ2v) is 7.11. The molecule has 0 spiro atoms. The van der Waals surface area contributed by atoms with Crippen LogP contribution < -0.4 is 10.6 Å². The number of amides is 1. The minimum Gasteiger partial charge on any atom is -0.354 e. The molecule has 3 nitrogen and oxygen atoms in total. The van der Waals surface area contributed by atoms with E-state index in [-0.39, 0.29) is 11.9 Å². The van der Waals surface area contributed by atoms with Gasteiger partial charge in [0.2, 0.25) is 5.91 Å². The molecule has 1 heterocycles. The number of carbonyl (C=O) groups excluding carboxylic acids is 1. The number of hydrogen-bond acceptors (Lipinski definition) is 2. The zero-order valence-corrected chi connectivity index (χ0v) is 14.0. The molecule has 0 aromatic rings. The molecule has 0 radical (unpaired) electrons. The van der Waals surface area contributed by atoms with Crippen LogP contribution in [0, 0.1) is 11.8 Å². The van der Waals surface area contributed by atoms with Crippen molar-refractivity contribution in [1.82, 2.24) is 10.6 Å². The molecule has 0 bridgehead atoms. The number of carbonyl (C=O) groups is 1. The molecular formula is C18H34N2O. The average Bonchev–Trinajstić information content (AvgIpc) is 2.54. The summed E-state index contributed by atoms with van der Waals surface area (Å²) in [5, 5.41) is 6.83. The van der Waals surface area contributed by atoms with Crippen molar-refractivity contribution in [2.45, 2.75) is 90.1 Å². The first-order valence-electron chi connectivity index (χ1n) is 9.28. The second kappa shape index (κ2) is 8.77. The number of unbranched alkanes of at least 4 members (excludes halogenated alkanes) is 1. The highest BCUT2D eigenvalue weighted by atomic mass is 16.2. The minimum absolute atomic E-state index is 0.0630. The van der Waals surface area contributed by atoms with Gasteiger partial charge in [-0.3, -0.25) is 4.79 Å².